The number of sulfonamides is 1. The molecule has 21 heavy (non-hydrogen) atoms. The second-order valence-corrected chi connectivity index (χ2v) is 6.59. The number of aryl methyl sites for hydroxylation is 2. The van der Waals surface area contributed by atoms with Crippen molar-refractivity contribution in [3.63, 3.8) is 0 Å². The molecule has 0 bridgehead atoms. The summed E-state index contributed by atoms with van der Waals surface area (Å²) in [5.74, 6) is 0.987. The van der Waals surface area contributed by atoms with Gasteiger partial charge in [0.25, 0.3) is 0 Å². The summed E-state index contributed by atoms with van der Waals surface area (Å²) in [5.41, 5.74) is 1.28. The molecule has 0 aliphatic heterocycles. The Morgan fingerprint density at radius 2 is 2.10 bits per heavy atom. The molecule has 1 atom stereocenters. The van der Waals surface area contributed by atoms with E-state index in [1.54, 1.807) is 32.9 Å². The third-order valence-electron chi connectivity index (χ3n) is 3.14. The first-order chi connectivity index (χ1) is 9.79. The van der Waals surface area contributed by atoms with E-state index < -0.39 is 16.1 Å². The number of hydrogen-bond donors (Lipinski definition) is 2. The van der Waals surface area contributed by atoms with Crippen LogP contribution >= 0.6 is 0 Å². The minimum Gasteiger partial charge on any atom is -0.444 e. The van der Waals surface area contributed by atoms with Gasteiger partial charge in [-0.1, -0.05) is 12.1 Å². The zero-order valence-electron chi connectivity index (χ0n) is 12.1. The molecule has 2 rings (SSSR count). The van der Waals surface area contributed by atoms with Crippen molar-refractivity contribution in [2.45, 2.75) is 38.3 Å². The van der Waals surface area contributed by atoms with Gasteiger partial charge in [0.15, 0.2) is 0 Å². The lowest BCUT2D eigenvalue weighted by atomic mass is 10.1. The van der Waals surface area contributed by atoms with Gasteiger partial charge in [-0.2, -0.15) is 0 Å². The number of rotatable bonds is 5. The predicted molar refractivity (Wildman–Crippen MR) is 77.1 cm³/mol. The quantitative estimate of drug-likeness (QED) is 0.879. The number of nitrogens with one attached hydrogen (secondary N) is 1. The minimum absolute atomic E-state index is 0.0179. The number of aliphatic hydroxyl groups excluding tert-OH is 1. The maximum atomic E-state index is 12.2. The molecule has 0 amide bonds. The fourth-order valence-electron chi connectivity index (χ4n) is 1.80. The number of aromatic nitrogens is 1. The third kappa shape index (κ3) is 3.69. The second kappa shape index (κ2) is 5.97. The van der Waals surface area contributed by atoms with Gasteiger partial charge in [0, 0.05) is 0 Å². The Hall–Kier alpha value is -1.70. The van der Waals surface area contributed by atoms with Crippen LogP contribution in [0.3, 0.4) is 0 Å². The van der Waals surface area contributed by atoms with Gasteiger partial charge in [0.2, 0.25) is 15.9 Å². The van der Waals surface area contributed by atoms with Gasteiger partial charge in [0.1, 0.15) is 5.76 Å². The van der Waals surface area contributed by atoms with Crippen molar-refractivity contribution in [3.05, 3.63) is 47.2 Å². The van der Waals surface area contributed by atoms with Crippen LogP contribution in [0.5, 0.6) is 0 Å². The molecule has 0 fully saturated rings. The molecule has 0 radical (unpaired) electrons. The Balaban J connectivity index is 2.16. The lowest BCUT2D eigenvalue weighted by molar-refractivity contribution is 0.199. The van der Waals surface area contributed by atoms with Gasteiger partial charge in [-0.15, -0.1) is 0 Å². The Labute approximate surface area is 123 Å². The minimum atomic E-state index is -3.68. The van der Waals surface area contributed by atoms with Crippen LogP contribution in [0.2, 0.25) is 0 Å². The predicted octanol–water partition coefficient (Wildman–Crippen LogP) is 1.82. The molecular formula is C14H18N2O4S. The number of oxazole rings is 1. The molecule has 0 aliphatic carbocycles. The zero-order chi connectivity index (χ0) is 15.6. The van der Waals surface area contributed by atoms with Crippen molar-refractivity contribution in [2.75, 3.05) is 0 Å². The normalized spacial score (nSPS) is 13.3. The van der Waals surface area contributed by atoms with Crippen LogP contribution in [0.4, 0.5) is 0 Å². The van der Waals surface area contributed by atoms with Crippen LogP contribution in [-0.4, -0.2) is 18.5 Å². The second-order valence-electron chi connectivity index (χ2n) is 4.82. The number of nitrogens with zero attached hydrogens (tertiary/aromatic N) is 1. The topological polar surface area (TPSA) is 92.4 Å². The summed E-state index contributed by atoms with van der Waals surface area (Å²) in [6.45, 7) is 5.13. The van der Waals surface area contributed by atoms with Crippen molar-refractivity contribution in [1.82, 2.24) is 9.71 Å². The average molecular weight is 310 g/mol. The summed E-state index contributed by atoms with van der Waals surface area (Å²) in [5, 5.41) is 9.51. The molecule has 2 aromatic rings. The maximum absolute atomic E-state index is 12.2. The Kier molecular flexibility index (Phi) is 4.46. The summed E-state index contributed by atoms with van der Waals surface area (Å²) in [7, 11) is -3.68. The summed E-state index contributed by atoms with van der Waals surface area (Å²) in [6.07, 6.45) is -0.725. The lowest BCUT2D eigenvalue weighted by Gasteiger charge is -2.08. The third-order valence-corrected chi connectivity index (χ3v) is 4.54. The fraction of sp³-hybridized carbons (Fsp3) is 0.357. The summed E-state index contributed by atoms with van der Waals surface area (Å²) >= 11 is 0. The van der Waals surface area contributed by atoms with E-state index in [9.17, 15) is 13.5 Å². The van der Waals surface area contributed by atoms with E-state index in [4.69, 9.17) is 4.42 Å². The Morgan fingerprint density at radius 3 is 2.67 bits per heavy atom. The van der Waals surface area contributed by atoms with Crippen LogP contribution in [-0.2, 0) is 16.6 Å². The summed E-state index contributed by atoms with van der Waals surface area (Å²) in [4.78, 5) is 4.22. The van der Waals surface area contributed by atoms with Crippen molar-refractivity contribution >= 4 is 10.0 Å². The molecular weight excluding hydrogens is 292 g/mol. The molecule has 2 N–H and O–H groups in total. The molecule has 0 saturated carbocycles. The number of benzene rings is 1. The van der Waals surface area contributed by atoms with Crippen LogP contribution in [0.1, 0.15) is 35.9 Å². The molecule has 6 nitrogen and oxygen atoms in total. The van der Waals surface area contributed by atoms with E-state index in [2.05, 4.69) is 9.71 Å². The van der Waals surface area contributed by atoms with Crippen molar-refractivity contribution in [2.24, 2.45) is 0 Å². The summed E-state index contributed by atoms with van der Waals surface area (Å²) < 4.78 is 32.2. The van der Waals surface area contributed by atoms with Gasteiger partial charge in [-0.3, -0.25) is 0 Å². The lowest BCUT2D eigenvalue weighted by Crippen LogP contribution is -2.23. The van der Waals surface area contributed by atoms with E-state index in [1.165, 1.54) is 12.1 Å². The van der Waals surface area contributed by atoms with Crippen LogP contribution in [0.15, 0.2) is 33.6 Å². The van der Waals surface area contributed by atoms with E-state index >= 15 is 0 Å². The van der Waals surface area contributed by atoms with Crippen LogP contribution in [0, 0.1) is 13.8 Å². The first kappa shape index (κ1) is 15.7. The Morgan fingerprint density at radius 1 is 1.38 bits per heavy atom. The van der Waals surface area contributed by atoms with Crippen LogP contribution < -0.4 is 4.72 Å². The summed E-state index contributed by atoms with van der Waals surface area (Å²) in [6, 6.07) is 6.18. The standard InChI is InChI=1S/C14H18N2O4S/c1-9-11(3)20-14(16-9)8-15-21(18,19)13-6-4-5-12(7-13)10(2)17/h4-7,10,15,17H,8H2,1-3H3. The average Bonchev–Trinajstić information content (AvgIpc) is 2.76. The van der Waals surface area contributed by atoms with Crippen molar-refractivity contribution in [1.29, 1.82) is 0 Å². The largest absolute Gasteiger partial charge is 0.444 e. The first-order valence-corrected chi connectivity index (χ1v) is 7.98. The monoisotopic (exact) mass is 310 g/mol. The molecule has 0 aliphatic rings. The van der Waals surface area contributed by atoms with Crippen LogP contribution in [0.25, 0.3) is 0 Å². The van der Waals surface area contributed by atoms with E-state index in [0.29, 0.717) is 17.2 Å². The molecule has 0 spiro atoms. The molecule has 114 valence electrons. The highest BCUT2D eigenvalue weighted by Gasteiger charge is 2.17. The molecule has 1 unspecified atom stereocenters. The molecule has 1 heterocycles. The molecule has 7 heteroatoms. The Bertz CT molecular complexity index is 716. The van der Waals surface area contributed by atoms with E-state index in [0.717, 1.165) is 5.69 Å². The highest BCUT2D eigenvalue weighted by Crippen LogP contribution is 2.17. The van der Waals surface area contributed by atoms with Gasteiger partial charge >= 0.3 is 0 Å². The highest BCUT2D eigenvalue weighted by atomic mass is 32.2. The van der Waals surface area contributed by atoms with Gasteiger partial charge in [-0.25, -0.2) is 18.1 Å². The maximum Gasteiger partial charge on any atom is 0.241 e. The first-order valence-electron chi connectivity index (χ1n) is 6.50. The van der Waals surface area contributed by atoms with E-state index in [-0.39, 0.29) is 11.4 Å². The SMILES string of the molecule is Cc1nc(CNS(=O)(=O)c2cccc(C(C)O)c2)oc1C. The van der Waals surface area contributed by atoms with Gasteiger partial charge < -0.3 is 9.52 Å². The zero-order valence-corrected chi connectivity index (χ0v) is 12.9. The van der Waals surface area contributed by atoms with E-state index in [1.807, 2.05) is 0 Å². The number of aliphatic hydroxyl groups is 1. The highest BCUT2D eigenvalue weighted by molar-refractivity contribution is 7.89. The van der Waals surface area contributed by atoms with Gasteiger partial charge in [-0.05, 0) is 38.5 Å². The molecule has 1 aromatic carbocycles. The number of hydrogen-bond acceptors (Lipinski definition) is 5. The van der Waals surface area contributed by atoms with Crippen molar-refractivity contribution < 1.29 is 17.9 Å². The molecule has 0 saturated heterocycles. The fourth-order valence-corrected chi connectivity index (χ4v) is 2.83. The van der Waals surface area contributed by atoms with Gasteiger partial charge in [0.05, 0.1) is 23.2 Å². The smallest absolute Gasteiger partial charge is 0.241 e. The van der Waals surface area contributed by atoms with Crippen molar-refractivity contribution in [3.8, 4) is 0 Å². The molecule has 1 aromatic heterocycles.